The van der Waals surface area contributed by atoms with E-state index in [2.05, 4.69) is 4.98 Å². The van der Waals surface area contributed by atoms with E-state index in [4.69, 9.17) is 22.6 Å². The summed E-state index contributed by atoms with van der Waals surface area (Å²) in [7, 11) is 0. The Morgan fingerprint density at radius 1 is 1.34 bits per heavy atom. The molecule has 1 spiro atoms. The molecule has 1 aliphatic carbocycles. The minimum atomic E-state index is -1.37. The van der Waals surface area contributed by atoms with Gasteiger partial charge in [-0.2, -0.15) is 5.26 Å². The number of benzene rings is 1. The molecule has 2 heterocycles. The van der Waals surface area contributed by atoms with Crippen LogP contribution in [0.2, 0.25) is 0 Å². The predicted molar refractivity (Wildman–Crippen MR) is 106 cm³/mol. The lowest BCUT2D eigenvalue weighted by atomic mass is 9.75. The van der Waals surface area contributed by atoms with Gasteiger partial charge < -0.3 is 10.0 Å². The Labute approximate surface area is 171 Å². The summed E-state index contributed by atoms with van der Waals surface area (Å²) in [5, 5.41) is 18.3. The summed E-state index contributed by atoms with van der Waals surface area (Å²) < 4.78 is 14.3. The highest BCUT2D eigenvalue weighted by molar-refractivity contribution is 7.81. The van der Waals surface area contributed by atoms with Crippen LogP contribution in [-0.2, 0) is 4.79 Å². The van der Waals surface area contributed by atoms with E-state index in [-0.39, 0.29) is 16.7 Å². The van der Waals surface area contributed by atoms with Crippen LogP contribution >= 0.6 is 12.2 Å². The first-order valence-corrected chi connectivity index (χ1v) is 9.29. The minimum Gasteiger partial charge on any atom is -0.478 e. The molecule has 7 nitrogen and oxygen atoms in total. The summed E-state index contributed by atoms with van der Waals surface area (Å²) in [6.07, 6.45) is 3.33. The van der Waals surface area contributed by atoms with Gasteiger partial charge in [0.25, 0.3) is 5.91 Å². The number of nitrogens with zero attached hydrogens (tertiary/aromatic N) is 4. The van der Waals surface area contributed by atoms with Gasteiger partial charge in [-0.15, -0.1) is 0 Å². The molecule has 1 N–H and O–H groups in total. The third kappa shape index (κ3) is 2.68. The standard InChI is InChI=1S/C20H15FN4O3S/c1-11-7-13(10-23-16(11)9-22)24-18(28)20(5-2-6-20)25(19(24)29)12-3-4-14(17(26)27)15(21)8-12/h3-4,7-8,10H,2,5-6H2,1H3,(H,26,27). The van der Waals surface area contributed by atoms with E-state index in [1.807, 2.05) is 6.07 Å². The molecule has 1 saturated carbocycles. The topological polar surface area (TPSA) is 97.5 Å². The fourth-order valence-electron chi connectivity index (χ4n) is 3.82. The van der Waals surface area contributed by atoms with E-state index in [0.29, 0.717) is 29.8 Å². The molecular weight excluding hydrogens is 395 g/mol. The third-order valence-electron chi connectivity index (χ3n) is 5.46. The van der Waals surface area contributed by atoms with Gasteiger partial charge in [0.2, 0.25) is 0 Å². The number of carbonyl (C=O) groups is 2. The molecule has 1 amide bonds. The number of hydrogen-bond acceptors (Lipinski definition) is 5. The van der Waals surface area contributed by atoms with E-state index >= 15 is 0 Å². The highest BCUT2D eigenvalue weighted by atomic mass is 32.1. The zero-order valence-corrected chi connectivity index (χ0v) is 16.2. The Balaban J connectivity index is 1.80. The largest absolute Gasteiger partial charge is 0.478 e. The number of carboxylic acids is 1. The van der Waals surface area contributed by atoms with Gasteiger partial charge in [0.15, 0.2) is 5.11 Å². The monoisotopic (exact) mass is 410 g/mol. The lowest BCUT2D eigenvalue weighted by molar-refractivity contribution is -0.123. The number of amides is 1. The summed E-state index contributed by atoms with van der Waals surface area (Å²) in [6, 6.07) is 7.37. The van der Waals surface area contributed by atoms with Gasteiger partial charge in [-0.1, -0.05) is 0 Å². The van der Waals surface area contributed by atoms with Crippen LogP contribution in [0.1, 0.15) is 40.9 Å². The van der Waals surface area contributed by atoms with E-state index < -0.39 is 22.9 Å². The molecule has 146 valence electrons. The van der Waals surface area contributed by atoms with Crippen molar-refractivity contribution in [3.63, 3.8) is 0 Å². The number of thiocarbonyl (C=S) groups is 1. The summed E-state index contributed by atoms with van der Waals surface area (Å²) >= 11 is 5.58. The molecule has 2 aromatic rings. The van der Waals surface area contributed by atoms with Crippen LogP contribution in [0.4, 0.5) is 15.8 Å². The van der Waals surface area contributed by atoms with Crippen LogP contribution in [0.3, 0.4) is 0 Å². The van der Waals surface area contributed by atoms with Crippen LogP contribution in [0, 0.1) is 24.1 Å². The van der Waals surface area contributed by atoms with Crippen molar-refractivity contribution in [1.82, 2.24) is 4.98 Å². The number of hydrogen-bond donors (Lipinski definition) is 1. The van der Waals surface area contributed by atoms with Gasteiger partial charge in [-0.25, -0.2) is 14.2 Å². The van der Waals surface area contributed by atoms with Gasteiger partial charge in [0.05, 0.1) is 17.4 Å². The molecule has 0 radical (unpaired) electrons. The number of carbonyl (C=O) groups excluding carboxylic acids is 1. The number of aryl methyl sites for hydroxylation is 1. The van der Waals surface area contributed by atoms with Gasteiger partial charge in [0.1, 0.15) is 23.1 Å². The van der Waals surface area contributed by atoms with Crippen molar-refractivity contribution >= 4 is 40.6 Å². The molecule has 1 aliphatic heterocycles. The van der Waals surface area contributed by atoms with Crippen LogP contribution in [0.5, 0.6) is 0 Å². The van der Waals surface area contributed by atoms with Crippen molar-refractivity contribution in [3.05, 3.63) is 53.1 Å². The van der Waals surface area contributed by atoms with Crippen molar-refractivity contribution in [2.75, 3.05) is 9.80 Å². The van der Waals surface area contributed by atoms with Crippen molar-refractivity contribution in [3.8, 4) is 6.07 Å². The van der Waals surface area contributed by atoms with Crippen molar-refractivity contribution in [2.24, 2.45) is 0 Å². The Hall–Kier alpha value is -3.38. The number of aromatic nitrogens is 1. The maximum absolute atomic E-state index is 14.3. The van der Waals surface area contributed by atoms with E-state index in [1.54, 1.807) is 17.9 Å². The maximum Gasteiger partial charge on any atom is 0.338 e. The molecule has 2 aliphatic rings. The number of pyridine rings is 1. The average Bonchev–Trinajstić information content (AvgIpc) is 2.88. The summed E-state index contributed by atoms with van der Waals surface area (Å²) in [5.41, 5.74) is 0.262. The van der Waals surface area contributed by atoms with Crippen LogP contribution in [0.15, 0.2) is 30.5 Å². The molecule has 4 rings (SSSR count). The first-order valence-electron chi connectivity index (χ1n) is 8.88. The number of halogens is 1. The first kappa shape index (κ1) is 19.0. The van der Waals surface area contributed by atoms with Gasteiger partial charge >= 0.3 is 5.97 Å². The molecular formula is C20H15FN4O3S. The molecule has 2 fully saturated rings. The molecule has 29 heavy (non-hydrogen) atoms. The Kier molecular flexibility index (Phi) is 4.31. The second-order valence-electron chi connectivity index (χ2n) is 7.08. The zero-order chi connectivity index (χ0) is 20.9. The summed E-state index contributed by atoms with van der Waals surface area (Å²) in [4.78, 5) is 31.5. The Morgan fingerprint density at radius 2 is 2.07 bits per heavy atom. The second-order valence-corrected chi connectivity index (χ2v) is 7.45. The third-order valence-corrected chi connectivity index (χ3v) is 5.83. The summed E-state index contributed by atoms with van der Waals surface area (Å²) in [5.74, 6) is -2.50. The molecule has 9 heteroatoms. The molecule has 0 atom stereocenters. The number of nitriles is 1. The smallest absolute Gasteiger partial charge is 0.338 e. The van der Waals surface area contributed by atoms with E-state index in [0.717, 1.165) is 12.5 Å². The van der Waals surface area contributed by atoms with Gasteiger partial charge in [0, 0.05) is 5.69 Å². The number of carboxylic acid groups (broad SMARTS) is 1. The average molecular weight is 410 g/mol. The van der Waals surface area contributed by atoms with Crippen molar-refractivity contribution in [1.29, 1.82) is 5.26 Å². The first-order chi connectivity index (χ1) is 13.8. The fourth-order valence-corrected chi connectivity index (χ4v) is 4.29. The molecule has 1 aromatic carbocycles. The molecule has 0 unspecified atom stereocenters. The fraction of sp³-hybridized carbons (Fsp3) is 0.250. The lowest BCUT2D eigenvalue weighted by Gasteiger charge is -2.43. The normalized spacial score (nSPS) is 17.4. The van der Waals surface area contributed by atoms with Gasteiger partial charge in [-0.3, -0.25) is 9.69 Å². The maximum atomic E-state index is 14.3. The highest BCUT2D eigenvalue weighted by Gasteiger charge is 2.59. The number of rotatable bonds is 3. The lowest BCUT2D eigenvalue weighted by Crippen LogP contribution is -2.55. The SMILES string of the molecule is Cc1cc(N2C(=O)C3(CCC3)N(c3ccc(C(=O)O)c(F)c3)C2=S)cnc1C#N. The van der Waals surface area contributed by atoms with E-state index in [9.17, 15) is 14.0 Å². The molecule has 1 saturated heterocycles. The van der Waals surface area contributed by atoms with Crippen LogP contribution in [-0.4, -0.2) is 32.6 Å². The van der Waals surface area contributed by atoms with Crippen LogP contribution in [0.25, 0.3) is 0 Å². The van der Waals surface area contributed by atoms with Crippen molar-refractivity contribution < 1.29 is 19.1 Å². The Bertz CT molecular complexity index is 1120. The van der Waals surface area contributed by atoms with Gasteiger partial charge in [-0.05, 0) is 68.2 Å². The van der Waals surface area contributed by atoms with E-state index in [1.165, 1.54) is 23.2 Å². The van der Waals surface area contributed by atoms with Crippen molar-refractivity contribution in [2.45, 2.75) is 31.7 Å². The molecule has 0 bridgehead atoms. The van der Waals surface area contributed by atoms with Crippen LogP contribution < -0.4 is 9.80 Å². The highest BCUT2D eigenvalue weighted by Crippen LogP contribution is 2.47. The zero-order valence-electron chi connectivity index (χ0n) is 15.3. The number of aromatic carboxylic acids is 1. The predicted octanol–water partition coefficient (Wildman–Crippen LogP) is 3.16. The quantitative estimate of drug-likeness (QED) is 0.776. The second kappa shape index (κ2) is 6.60. The minimum absolute atomic E-state index is 0.170. The molecule has 1 aromatic heterocycles. The number of anilines is 2. The Morgan fingerprint density at radius 3 is 2.59 bits per heavy atom. The summed E-state index contributed by atoms with van der Waals surface area (Å²) in [6.45, 7) is 1.72.